The summed E-state index contributed by atoms with van der Waals surface area (Å²) < 4.78 is 27.2. The van der Waals surface area contributed by atoms with Gasteiger partial charge in [0.05, 0.1) is 4.90 Å². The van der Waals surface area contributed by atoms with Crippen LogP contribution in [0.4, 0.5) is 5.69 Å². The van der Waals surface area contributed by atoms with Crippen LogP contribution in [0.2, 0.25) is 0 Å². The number of anilines is 1. The average Bonchev–Trinajstić information content (AvgIpc) is 3.33. The third-order valence-corrected chi connectivity index (χ3v) is 8.38. The molecule has 1 heterocycles. The molecule has 1 saturated carbocycles. The minimum Gasteiger partial charge on any atom is -0.326 e. The van der Waals surface area contributed by atoms with E-state index in [9.17, 15) is 13.2 Å². The first kappa shape index (κ1) is 23.1. The van der Waals surface area contributed by atoms with E-state index in [4.69, 9.17) is 0 Å². The number of carbonyl (C=O) groups is 1. The highest BCUT2D eigenvalue weighted by Crippen LogP contribution is 2.58. The summed E-state index contributed by atoms with van der Waals surface area (Å²) in [5.41, 5.74) is 2.55. The highest BCUT2D eigenvalue weighted by molar-refractivity contribution is 7.89. The van der Waals surface area contributed by atoms with Crippen molar-refractivity contribution >= 4 is 34.0 Å². The average molecular weight is 430 g/mol. The van der Waals surface area contributed by atoms with Crippen molar-refractivity contribution in [1.82, 2.24) is 9.62 Å². The summed E-state index contributed by atoms with van der Waals surface area (Å²) in [5, 5.41) is 6.38. The molecule has 1 aromatic rings. The Morgan fingerprint density at radius 2 is 1.82 bits per heavy atom. The van der Waals surface area contributed by atoms with Crippen molar-refractivity contribution < 1.29 is 13.2 Å². The predicted octanol–water partition coefficient (Wildman–Crippen LogP) is 3.08. The summed E-state index contributed by atoms with van der Waals surface area (Å²) in [6.07, 6.45) is 3.02. The van der Waals surface area contributed by atoms with Gasteiger partial charge < -0.3 is 10.6 Å². The van der Waals surface area contributed by atoms with Gasteiger partial charge in [0.15, 0.2) is 0 Å². The maximum Gasteiger partial charge on any atom is 0.243 e. The van der Waals surface area contributed by atoms with Gasteiger partial charge in [0.2, 0.25) is 15.9 Å². The number of piperidine rings is 1. The van der Waals surface area contributed by atoms with Gasteiger partial charge >= 0.3 is 0 Å². The molecule has 8 heteroatoms. The molecule has 0 radical (unpaired) electrons. The Bertz CT molecular complexity index is 831. The molecule has 1 unspecified atom stereocenters. The Labute approximate surface area is 174 Å². The first-order valence-corrected chi connectivity index (χ1v) is 11.3. The summed E-state index contributed by atoms with van der Waals surface area (Å²) >= 11 is 0. The summed E-state index contributed by atoms with van der Waals surface area (Å²) in [4.78, 5) is 13.1. The number of rotatable bonds is 6. The molecule has 6 nitrogen and oxygen atoms in total. The van der Waals surface area contributed by atoms with Crippen molar-refractivity contribution in [1.29, 1.82) is 0 Å². The molecule has 1 aliphatic carbocycles. The van der Waals surface area contributed by atoms with Crippen molar-refractivity contribution in [3.8, 4) is 0 Å². The smallest absolute Gasteiger partial charge is 0.243 e. The zero-order valence-corrected chi connectivity index (χ0v) is 18.8. The zero-order chi connectivity index (χ0) is 19.8. The van der Waals surface area contributed by atoms with Crippen molar-refractivity contribution in [2.75, 3.05) is 31.5 Å². The van der Waals surface area contributed by atoms with Gasteiger partial charge in [-0.3, -0.25) is 4.79 Å². The molecule has 28 heavy (non-hydrogen) atoms. The van der Waals surface area contributed by atoms with Crippen LogP contribution in [-0.2, 0) is 14.8 Å². The lowest BCUT2D eigenvalue weighted by atomic mass is 9.91. The van der Waals surface area contributed by atoms with Gasteiger partial charge in [-0.1, -0.05) is 13.8 Å². The Hall–Kier alpha value is -1.15. The van der Waals surface area contributed by atoms with Gasteiger partial charge in [-0.2, -0.15) is 4.31 Å². The second kappa shape index (κ2) is 8.69. The van der Waals surface area contributed by atoms with Crippen LogP contribution in [0.15, 0.2) is 17.0 Å². The quantitative estimate of drug-likeness (QED) is 0.728. The lowest BCUT2D eigenvalue weighted by Crippen LogP contribution is -2.32. The molecule has 158 valence electrons. The highest BCUT2D eigenvalue weighted by Gasteiger charge is 2.57. The van der Waals surface area contributed by atoms with Crippen LogP contribution >= 0.6 is 12.4 Å². The number of hydrogen-bond donors (Lipinski definition) is 2. The maximum atomic E-state index is 12.9. The first-order chi connectivity index (χ1) is 12.7. The SMILES string of the molecule is CCN(CC)S(=O)(=O)c1cc(C)c(C)c(NC(=O)C2CC23CCNCC3)c1.Cl. The fraction of sp³-hybridized carbons (Fsp3) is 0.650. The van der Waals surface area contributed by atoms with Crippen LogP contribution < -0.4 is 10.6 Å². The molecule has 3 rings (SSSR count). The van der Waals surface area contributed by atoms with E-state index in [1.54, 1.807) is 12.1 Å². The molecule has 1 saturated heterocycles. The number of hydrogen-bond acceptors (Lipinski definition) is 4. The van der Waals surface area contributed by atoms with Crippen molar-refractivity contribution in [3.63, 3.8) is 0 Å². The monoisotopic (exact) mass is 429 g/mol. The Kier molecular flexibility index (Phi) is 7.18. The van der Waals surface area contributed by atoms with Gasteiger partial charge in [0.25, 0.3) is 0 Å². The van der Waals surface area contributed by atoms with E-state index in [2.05, 4.69) is 10.6 Å². The van der Waals surface area contributed by atoms with Crippen LogP contribution in [-0.4, -0.2) is 44.8 Å². The molecule has 2 fully saturated rings. The second-order valence-corrected chi connectivity index (χ2v) is 9.80. The Morgan fingerprint density at radius 3 is 2.39 bits per heavy atom. The van der Waals surface area contributed by atoms with E-state index in [-0.39, 0.29) is 34.5 Å². The third-order valence-electron chi connectivity index (χ3n) is 6.35. The van der Waals surface area contributed by atoms with E-state index in [1.807, 2.05) is 27.7 Å². The van der Waals surface area contributed by atoms with E-state index in [0.717, 1.165) is 43.5 Å². The van der Waals surface area contributed by atoms with Crippen LogP contribution in [0.5, 0.6) is 0 Å². The molecule has 0 aromatic heterocycles. The van der Waals surface area contributed by atoms with Crippen LogP contribution in [0.3, 0.4) is 0 Å². The molecule has 2 aliphatic rings. The molecular weight excluding hydrogens is 398 g/mol. The number of amides is 1. The summed E-state index contributed by atoms with van der Waals surface area (Å²) in [5.74, 6) is 0.0686. The van der Waals surface area contributed by atoms with E-state index < -0.39 is 10.0 Å². The second-order valence-electron chi connectivity index (χ2n) is 7.86. The number of aryl methyl sites for hydroxylation is 1. The molecule has 1 atom stereocenters. The Morgan fingerprint density at radius 1 is 1.21 bits per heavy atom. The molecule has 1 amide bonds. The standard InChI is InChI=1S/C20H31N3O3S.ClH/c1-5-23(6-2)27(25,26)16-11-14(3)15(4)18(12-16)22-19(24)17-13-20(17)7-9-21-10-8-20;/h11-12,17,21H,5-10,13H2,1-4H3,(H,22,24);1H. The van der Waals surface area contributed by atoms with E-state index in [0.29, 0.717) is 18.8 Å². The number of nitrogens with zero attached hydrogens (tertiary/aromatic N) is 1. The van der Waals surface area contributed by atoms with E-state index >= 15 is 0 Å². The molecule has 1 aliphatic heterocycles. The zero-order valence-electron chi connectivity index (χ0n) is 17.2. The topological polar surface area (TPSA) is 78.5 Å². The number of benzene rings is 1. The molecule has 2 N–H and O–H groups in total. The molecular formula is C20H32ClN3O3S. The molecule has 1 aromatic carbocycles. The molecule has 0 bridgehead atoms. The predicted molar refractivity (Wildman–Crippen MR) is 115 cm³/mol. The summed E-state index contributed by atoms with van der Waals surface area (Å²) in [7, 11) is -3.56. The number of halogens is 1. The minimum absolute atomic E-state index is 0. The Balaban J connectivity index is 0.00000280. The summed E-state index contributed by atoms with van der Waals surface area (Å²) in [6, 6.07) is 3.31. The van der Waals surface area contributed by atoms with Gasteiger partial charge in [-0.25, -0.2) is 8.42 Å². The lowest BCUT2D eigenvalue weighted by Gasteiger charge is -2.23. The van der Waals surface area contributed by atoms with Crippen molar-refractivity contribution in [2.24, 2.45) is 11.3 Å². The van der Waals surface area contributed by atoms with Gasteiger partial charge in [-0.05, 0) is 74.9 Å². The number of sulfonamides is 1. The number of nitrogens with one attached hydrogen (secondary N) is 2. The highest BCUT2D eigenvalue weighted by atomic mass is 35.5. The lowest BCUT2D eigenvalue weighted by molar-refractivity contribution is -0.118. The fourth-order valence-electron chi connectivity index (χ4n) is 4.23. The minimum atomic E-state index is -3.56. The summed E-state index contributed by atoms with van der Waals surface area (Å²) in [6.45, 7) is 10.3. The van der Waals surface area contributed by atoms with Gasteiger partial charge in [0, 0.05) is 24.7 Å². The van der Waals surface area contributed by atoms with Gasteiger partial charge in [0.1, 0.15) is 0 Å². The van der Waals surface area contributed by atoms with Crippen LogP contribution in [0.25, 0.3) is 0 Å². The fourth-order valence-corrected chi connectivity index (χ4v) is 5.80. The number of carbonyl (C=O) groups excluding carboxylic acids is 1. The van der Waals surface area contributed by atoms with E-state index in [1.165, 1.54) is 4.31 Å². The molecule has 1 spiro atoms. The normalized spacial score (nSPS) is 20.7. The van der Waals surface area contributed by atoms with Crippen LogP contribution in [0.1, 0.15) is 44.2 Å². The van der Waals surface area contributed by atoms with Crippen molar-refractivity contribution in [2.45, 2.75) is 51.9 Å². The first-order valence-electron chi connectivity index (χ1n) is 9.88. The maximum absolute atomic E-state index is 12.9. The van der Waals surface area contributed by atoms with Gasteiger partial charge in [-0.15, -0.1) is 12.4 Å². The van der Waals surface area contributed by atoms with Crippen LogP contribution in [0, 0.1) is 25.2 Å². The largest absolute Gasteiger partial charge is 0.326 e. The van der Waals surface area contributed by atoms with Crippen molar-refractivity contribution in [3.05, 3.63) is 23.3 Å². The third kappa shape index (κ3) is 4.22.